The minimum absolute atomic E-state index is 0.0120. The summed E-state index contributed by atoms with van der Waals surface area (Å²) in [6.07, 6.45) is 2.25. The number of anilines is 1. The molecule has 1 aromatic heterocycles. The third kappa shape index (κ3) is 4.20. The standard InChI is InChI=1S/C23H30N4O3/c1-16-12-17(2)27(24-16)14-18-8-10-25(11-9-18)23(29)19-13-22(28)26(15-19)20-4-6-21(30-3)7-5-20/h4-7,12,18-19H,8-11,13-15H2,1-3H3. The molecule has 0 radical (unpaired) electrons. The Morgan fingerprint density at radius 3 is 2.47 bits per heavy atom. The van der Waals surface area contributed by atoms with E-state index in [2.05, 4.69) is 22.8 Å². The van der Waals surface area contributed by atoms with Gasteiger partial charge in [-0.3, -0.25) is 14.3 Å². The Labute approximate surface area is 177 Å². The summed E-state index contributed by atoms with van der Waals surface area (Å²) in [6.45, 7) is 6.99. The van der Waals surface area contributed by atoms with Crippen LogP contribution in [0.2, 0.25) is 0 Å². The summed E-state index contributed by atoms with van der Waals surface area (Å²) < 4.78 is 7.26. The number of methoxy groups -OCH3 is 1. The Balaban J connectivity index is 1.32. The molecule has 0 aliphatic carbocycles. The van der Waals surface area contributed by atoms with Gasteiger partial charge in [-0.1, -0.05) is 0 Å². The van der Waals surface area contributed by atoms with Crippen LogP contribution in [0, 0.1) is 25.7 Å². The summed E-state index contributed by atoms with van der Waals surface area (Å²) in [5.74, 6) is 1.16. The first-order chi connectivity index (χ1) is 14.4. The van der Waals surface area contributed by atoms with Gasteiger partial charge in [0.05, 0.1) is 18.7 Å². The second-order valence-electron chi connectivity index (χ2n) is 8.48. The number of hydrogen-bond donors (Lipinski definition) is 0. The molecular formula is C23H30N4O3. The van der Waals surface area contributed by atoms with Crippen molar-refractivity contribution in [3.8, 4) is 5.75 Å². The topological polar surface area (TPSA) is 67.7 Å². The number of piperidine rings is 1. The third-order valence-electron chi connectivity index (χ3n) is 6.32. The van der Waals surface area contributed by atoms with Crippen LogP contribution in [0.1, 0.15) is 30.7 Å². The number of hydrogen-bond acceptors (Lipinski definition) is 4. The molecule has 0 spiro atoms. The van der Waals surface area contributed by atoms with E-state index in [4.69, 9.17) is 4.74 Å². The third-order valence-corrected chi connectivity index (χ3v) is 6.32. The first-order valence-corrected chi connectivity index (χ1v) is 10.7. The highest BCUT2D eigenvalue weighted by molar-refractivity contribution is 6.00. The van der Waals surface area contributed by atoms with Gasteiger partial charge in [0.2, 0.25) is 11.8 Å². The van der Waals surface area contributed by atoms with Crippen molar-refractivity contribution in [3.05, 3.63) is 41.7 Å². The van der Waals surface area contributed by atoms with Crippen LogP contribution in [0.3, 0.4) is 0 Å². The van der Waals surface area contributed by atoms with Crippen molar-refractivity contribution in [1.29, 1.82) is 0 Å². The Morgan fingerprint density at radius 2 is 1.87 bits per heavy atom. The maximum Gasteiger partial charge on any atom is 0.228 e. The molecule has 0 N–H and O–H groups in total. The Hall–Kier alpha value is -2.83. The summed E-state index contributed by atoms with van der Waals surface area (Å²) in [5.41, 5.74) is 3.06. The fourth-order valence-corrected chi connectivity index (χ4v) is 4.58. The molecule has 160 valence electrons. The summed E-state index contributed by atoms with van der Waals surface area (Å²) in [7, 11) is 1.62. The number of rotatable bonds is 5. The first-order valence-electron chi connectivity index (χ1n) is 10.7. The number of carbonyl (C=O) groups excluding carboxylic acids is 2. The lowest BCUT2D eigenvalue weighted by Gasteiger charge is -2.33. The fourth-order valence-electron chi connectivity index (χ4n) is 4.58. The zero-order chi connectivity index (χ0) is 21.3. The van der Waals surface area contributed by atoms with E-state index in [0.717, 1.165) is 49.6 Å². The van der Waals surface area contributed by atoms with Crippen LogP contribution >= 0.6 is 0 Å². The number of aryl methyl sites for hydroxylation is 2. The molecule has 0 saturated carbocycles. The molecule has 2 aromatic rings. The average Bonchev–Trinajstić information content (AvgIpc) is 3.29. The normalized spacial score (nSPS) is 20.1. The van der Waals surface area contributed by atoms with Gasteiger partial charge in [0.1, 0.15) is 5.75 Å². The molecule has 4 rings (SSSR count). The molecule has 1 atom stereocenters. The van der Waals surface area contributed by atoms with Crippen LogP contribution in [0.5, 0.6) is 5.75 Å². The lowest BCUT2D eigenvalue weighted by molar-refractivity contribution is -0.137. The van der Waals surface area contributed by atoms with E-state index in [1.165, 1.54) is 5.69 Å². The monoisotopic (exact) mass is 410 g/mol. The number of ether oxygens (including phenoxy) is 1. The summed E-state index contributed by atoms with van der Waals surface area (Å²) in [4.78, 5) is 29.3. The minimum Gasteiger partial charge on any atom is -0.497 e. The molecule has 0 bridgehead atoms. The SMILES string of the molecule is COc1ccc(N2CC(C(=O)N3CCC(Cn4nc(C)cc4C)CC3)CC2=O)cc1. The van der Waals surface area contributed by atoms with Crippen molar-refractivity contribution in [1.82, 2.24) is 14.7 Å². The summed E-state index contributed by atoms with van der Waals surface area (Å²) in [5, 5.41) is 4.56. The van der Waals surface area contributed by atoms with Crippen molar-refractivity contribution in [2.45, 2.75) is 39.7 Å². The molecule has 7 heteroatoms. The first kappa shape index (κ1) is 20.4. The average molecular weight is 411 g/mol. The highest BCUT2D eigenvalue weighted by atomic mass is 16.5. The molecule has 2 aliphatic heterocycles. The number of nitrogens with zero attached hydrogens (tertiary/aromatic N) is 4. The zero-order valence-electron chi connectivity index (χ0n) is 18.0. The number of likely N-dealkylation sites (tertiary alicyclic amines) is 1. The van der Waals surface area contributed by atoms with E-state index >= 15 is 0 Å². The van der Waals surface area contributed by atoms with Gasteiger partial charge in [0.25, 0.3) is 0 Å². The second kappa shape index (κ2) is 8.50. The van der Waals surface area contributed by atoms with E-state index in [1.54, 1.807) is 12.0 Å². The van der Waals surface area contributed by atoms with Crippen molar-refractivity contribution in [2.75, 3.05) is 31.6 Å². The van der Waals surface area contributed by atoms with Gasteiger partial charge in [-0.2, -0.15) is 5.10 Å². The van der Waals surface area contributed by atoms with E-state index in [9.17, 15) is 9.59 Å². The minimum atomic E-state index is -0.257. The number of benzene rings is 1. The van der Waals surface area contributed by atoms with Gasteiger partial charge in [0.15, 0.2) is 0 Å². The molecule has 1 aromatic carbocycles. The molecule has 7 nitrogen and oxygen atoms in total. The van der Waals surface area contributed by atoms with Gasteiger partial charge in [-0.15, -0.1) is 0 Å². The lowest BCUT2D eigenvalue weighted by atomic mass is 9.95. The van der Waals surface area contributed by atoms with E-state index in [0.29, 0.717) is 12.5 Å². The van der Waals surface area contributed by atoms with Crippen LogP contribution in [0.15, 0.2) is 30.3 Å². The quantitative estimate of drug-likeness (QED) is 0.760. The summed E-state index contributed by atoms with van der Waals surface area (Å²) >= 11 is 0. The van der Waals surface area contributed by atoms with Gasteiger partial charge >= 0.3 is 0 Å². The van der Waals surface area contributed by atoms with Crippen LogP contribution in [0.25, 0.3) is 0 Å². The predicted octanol–water partition coefficient (Wildman–Crippen LogP) is 2.80. The van der Waals surface area contributed by atoms with Crippen molar-refractivity contribution in [3.63, 3.8) is 0 Å². The molecule has 2 amide bonds. The summed E-state index contributed by atoms with van der Waals surface area (Å²) in [6, 6.07) is 9.52. The molecular weight excluding hydrogens is 380 g/mol. The van der Waals surface area contributed by atoms with Crippen molar-refractivity contribution < 1.29 is 14.3 Å². The lowest BCUT2D eigenvalue weighted by Crippen LogP contribution is -2.43. The van der Waals surface area contributed by atoms with Crippen LogP contribution in [-0.2, 0) is 16.1 Å². The largest absolute Gasteiger partial charge is 0.497 e. The van der Waals surface area contributed by atoms with Gasteiger partial charge in [-0.05, 0) is 62.9 Å². The van der Waals surface area contributed by atoms with Gasteiger partial charge in [0, 0.05) is 44.0 Å². The Morgan fingerprint density at radius 1 is 1.17 bits per heavy atom. The predicted molar refractivity (Wildman–Crippen MR) is 114 cm³/mol. The molecule has 3 heterocycles. The van der Waals surface area contributed by atoms with E-state index in [-0.39, 0.29) is 24.2 Å². The van der Waals surface area contributed by atoms with Crippen LogP contribution < -0.4 is 9.64 Å². The van der Waals surface area contributed by atoms with Gasteiger partial charge in [-0.25, -0.2) is 0 Å². The molecule has 1 unspecified atom stereocenters. The number of aromatic nitrogens is 2. The van der Waals surface area contributed by atoms with E-state index < -0.39 is 0 Å². The fraction of sp³-hybridized carbons (Fsp3) is 0.522. The highest BCUT2D eigenvalue weighted by Crippen LogP contribution is 2.29. The molecule has 2 saturated heterocycles. The smallest absolute Gasteiger partial charge is 0.228 e. The van der Waals surface area contributed by atoms with Crippen molar-refractivity contribution >= 4 is 17.5 Å². The zero-order valence-corrected chi connectivity index (χ0v) is 18.0. The Kier molecular flexibility index (Phi) is 5.79. The van der Waals surface area contributed by atoms with Crippen LogP contribution in [-0.4, -0.2) is 53.2 Å². The van der Waals surface area contributed by atoms with Crippen molar-refractivity contribution in [2.24, 2.45) is 11.8 Å². The molecule has 2 aliphatic rings. The van der Waals surface area contributed by atoms with Crippen LogP contribution in [0.4, 0.5) is 5.69 Å². The second-order valence-corrected chi connectivity index (χ2v) is 8.48. The number of amides is 2. The Bertz CT molecular complexity index is 913. The van der Waals surface area contributed by atoms with Gasteiger partial charge < -0.3 is 14.5 Å². The maximum atomic E-state index is 13.1. The maximum absolute atomic E-state index is 13.1. The van der Waals surface area contributed by atoms with E-state index in [1.807, 2.05) is 36.1 Å². The molecule has 2 fully saturated rings. The molecule has 30 heavy (non-hydrogen) atoms. The number of carbonyl (C=O) groups is 2. The highest BCUT2D eigenvalue weighted by Gasteiger charge is 2.38.